The second-order valence-electron chi connectivity index (χ2n) is 6.68. The fraction of sp³-hybridized carbons (Fsp3) is 0.353. The SMILES string of the molecule is Cc1cc(Br)cc(NCc2csc([N+](=O)[O-])c2)c1NC(=O)OC(C)(C)C. The number of halogens is 1. The van der Waals surface area contributed by atoms with E-state index in [0.717, 1.165) is 26.9 Å². The van der Waals surface area contributed by atoms with Gasteiger partial charge in [0.15, 0.2) is 0 Å². The van der Waals surface area contributed by atoms with Crippen LogP contribution in [0.15, 0.2) is 28.1 Å². The Morgan fingerprint density at radius 1 is 1.35 bits per heavy atom. The van der Waals surface area contributed by atoms with Gasteiger partial charge in [0.1, 0.15) is 5.60 Å². The molecule has 0 bridgehead atoms. The average Bonchev–Trinajstić information content (AvgIpc) is 2.95. The van der Waals surface area contributed by atoms with Crippen molar-refractivity contribution in [1.29, 1.82) is 0 Å². The van der Waals surface area contributed by atoms with E-state index in [-0.39, 0.29) is 5.00 Å². The molecular weight excluding hydrogens is 422 g/mol. The van der Waals surface area contributed by atoms with Gasteiger partial charge in [-0.25, -0.2) is 4.79 Å². The lowest BCUT2D eigenvalue weighted by atomic mass is 10.1. The molecule has 0 aliphatic rings. The summed E-state index contributed by atoms with van der Waals surface area (Å²) in [5.74, 6) is 0. The van der Waals surface area contributed by atoms with Crippen molar-refractivity contribution in [1.82, 2.24) is 0 Å². The quantitative estimate of drug-likeness (QED) is 0.459. The number of carbonyl (C=O) groups is 1. The third kappa shape index (κ3) is 5.70. The summed E-state index contributed by atoms with van der Waals surface area (Å²) in [6.45, 7) is 7.65. The number of nitrogens with zero attached hydrogens (tertiary/aromatic N) is 1. The minimum absolute atomic E-state index is 0.0966. The van der Waals surface area contributed by atoms with E-state index in [1.807, 2.05) is 19.1 Å². The Labute approximate surface area is 164 Å². The predicted molar refractivity (Wildman–Crippen MR) is 107 cm³/mol. The maximum atomic E-state index is 12.1. The number of nitro groups is 1. The van der Waals surface area contributed by atoms with Crippen LogP contribution in [0, 0.1) is 17.0 Å². The molecule has 1 heterocycles. The number of nitrogens with one attached hydrogen (secondary N) is 2. The first-order valence-corrected chi connectivity index (χ1v) is 9.48. The Bertz CT molecular complexity index is 830. The van der Waals surface area contributed by atoms with Crippen LogP contribution in [0.4, 0.5) is 21.2 Å². The fourth-order valence-electron chi connectivity index (χ4n) is 2.20. The van der Waals surface area contributed by atoms with Crippen molar-refractivity contribution in [2.24, 2.45) is 0 Å². The Hall–Kier alpha value is -2.13. The molecule has 1 amide bonds. The van der Waals surface area contributed by atoms with Crippen molar-refractivity contribution in [3.05, 3.63) is 49.3 Å². The molecule has 1 aromatic heterocycles. The maximum Gasteiger partial charge on any atom is 0.412 e. The number of rotatable bonds is 5. The van der Waals surface area contributed by atoms with Crippen molar-refractivity contribution in [3.8, 4) is 0 Å². The van der Waals surface area contributed by atoms with Crippen LogP contribution >= 0.6 is 27.3 Å². The summed E-state index contributed by atoms with van der Waals surface area (Å²) in [6, 6.07) is 5.25. The third-order valence-corrected chi connectivity index (χ3v) is 4.62. The molecule has 1 aromatic carbocycles. The van der Waals surface area contributed by atoms with E-state index in [0.29, 0.717) is 17.9 Å². The number of benzene rings is 1. The topological polar surface area (TPSA) is 93.5 Å². The van der Waals surface area contributed by atoms with Gasteiger partial charge < -0.3 is 10.1 Å². The number of hydrogen-bond donors (Lipinski definition) is 2. The molecule has 0 aliphatic heterocycles. The zero-order chi connectivity index (χ0) is 19.5. The van der Waals surface area contributed by atoms with Crippen LogP contribution in [-0.4, -0.2) is 16.6 Å². The van der Waals surface area contributed by atoms with Crippen molar-refractivity contribution in [2.75, 3.05) is 10.6 Å². The lowest BCUT2D eigenvalue weighted by Crippen LogP contribution is -2.27. The van der Waals surface area contributed by atoms with E-state index in [2.05, 4.69) is 26.6 Å². The lowest BCUT2D eigenvalue weighted by molar-refractivity contribution is -0.380. The monoisotopic (exact) mass is 441 g/mol. The van der Waals surface area contributed by atoms with Gasteiger partial charge in [-0.05, 0) is 51.0 Å². The Morgan fingerprint density at radius 3 is 2.62 bits per heavy atom. The summed E-state index contributed by atoms with van der Waals surface area (Å²) in [7, 11) is 0. The van der Waals surface area contributed by atoms with Crippen molar-refractivity contribution < 1.29 is 14.5 Å². The lowest BCUT2D eigenvalue weighted by Gasteiger charge is -2.21. The molecule has 0 fully saturated rings. The van der Waals surface area contributed by atoms with Crippen molar-refractivity contribution >= 4 is 49.7 Å². The first-order valence-electron chi connectivity index (χ1n) is 7.81. The van der Waals surface area contributed by atoms with Crippen LogP contribution in [0.1, 0.15) is 31.9 Å². The highest BCUT2D eigenvalue weighted by atomic mass is 79.9. The van der Waals surface area contributed by atoms with Gasteiger partial charge in [0.05, 0.1) is 16.3 Å². The molecule has 0 unspecified atom stereocenters. The van der Waals surface area contributed by atoms with Gasteiger partial charge in [-0.1, -0.05) is 27.3 Å². The molecule has 0 atom stereocenters. The molecular formula is C17H20BrN3O4S. The second-order valence-corrected chi connectivity index (χ2v) is 8.48. The van der Waals surface area contributed by atoms with E-state index >= 15 is 0 Å². The normalized spacial score (nSPS) is 11.1. The van der Waals surface area contributed by atoms with E-state index in [4.69, 9.17) is 4.74 Å². The molecule has 0 aliphatic carbocycles. The highest BCUT2D eigenvalue weighted by Crippen LogP contribution is 2.32. The molecule has 140 valence electrons. The zero-order valence-electron chi connectivity index (χ0n) is 14.9. The van der Waals surface area contributed by atoms with Crippen molar-refractivity contribution in [3.63, 3.8) is 0 Å². The summed E-state index contributed by atoms with van der Waals surface area (Å²) >= 11 is 4.52. The minimum atomic E-state index is -0.601. The van der Waals surface area contributed by atoms with Gasteiger partial charge in [-0.15, -0.1) is 0 Å². The number of carbonyl (C=O) groups excluding carboxylic acids is 1. The van der Waals surface area contributed by atoms with Crippen LogP contribution in [0.2, 0.25) is 0 Å². The molecule has 2 rings (SSSR count). The number of ether oxygens (including phenoxy) is 1. The van der Waals surface area contributed by atoms with E-state index in [1.54, 1.807) is 26.2 Å². The molecule has 0 saturated carbocycles. The van der Waals surface area contributed by atoms with Crippen LogP contribution in [0.3, 0.4) is 0 Å². The maximum absolute atomic E-state index is 12.1. The number of aryl methyl sites for hydroxylation is 1. The zero-order valence-corrected chi connectivity index (χ0v) is 17.3. The van der Waals surface area contributed by atoms with Gasteiger partial charge in [-0.3, -0.25) is 15.4 Å². The summed E-state index contributed by atoms with van der Waals surface area (Å²) in [6.07, 6.45) is -0.544. The molecule has 2 aromatic rings. The van der Waals surface area contributed by atoms with Gasteiger partial charge in [0, 0.05) is 22.5 Å². The molecule has 7 nitrogen and oxygen atoms in total. The van der Waals surface area contributed by atoms with Gasteiger partial charge in [0.2, 0.25) is 0 Å². The smallest absolute Gasteiger partial charge is 0.412 e. The third-order valence-electron chi connectivity index (χ3n) is 3.23. The van der Waals surface area contributed by atoms with Crippen LogP contribution in [-0.2, 0) is 11.3 Å². The molecule has 9 heteroatoms. The molecule has 0 radical (unpaired) electrons. The largest absolute Gasteiger partial charge is 0.444 e. The number of amides is 1. The Morgan fingerprint density at radius 2 is 2.04 bits per heavy atom. The first kappa shape index (κ1) is 20.2. The van der Waals surface area contributed by atoms with Crippen LogP contribution in [0.5, 0.6) is 0 Å². The average molecular weight is 442 g/mol. The molecule has 26 heavy (non-hydrogen) atoms. The fourth-order valence-corrected chi connectivity index (χ4v) is 3.50. The van der Waals surface area contributed by atoms with Gasteiger partial charge in [0.25, 0.3) is 0 Å². The van der Waals surface area contributed by atoms with Gasteiger partial charge in [-0.2, -0.15) is 0 Å². The van der Waals surface area contributed by atoms with Crippen LogP contribution < -0.4 is 10.6 Å². The van der Waals surface area contributed by atoms with E-state index < -0.39 is 16.6 Å². The molecule has 2 N–H and O–H groups in total. The summed E-state index contributed by atoms with van der Waals surface area (Å²) in [5.41, 5.74) is 2.34. The van der Waals surface area contributed by atoms with Crippen molar-refractivity contribution in [2.45, 2.75) is 39.8 Å². The summed E-state index contributed by atoms with van der Waals surface area (Å²) in [5, 5.41) is 18.6. The number of thiophene rings is 1. The van der Waals surface area contributed by atoms with E-state index in [1.165, 1.54) is 6.07 Å². The Balaban J connectivity index is 2.18. The predicted octanol–water partition coefficient (Wildman–Crippen LogP) is 5.69. The van der Waals surface area contributed by atoms with Gasteiger partial charge >= 0.3 is 11.1 Å². The summed E-state index contributed by atoms with van der Waals surface area (Å²) < 4.78 is 6.16. The van der Waals surface area contributed by atoms with E-state index in [9.17, 15) is 14.9 Å². The Kier molecular flexibility index (Phi) is 6.25. The summed E-state index contributed by atoms with van der Waals surface area (Å²) in [4.78, 5) is 22.5. The second kappa shape index (κ2) is 8.05. The number of hydrogen-bond acceptors (Lipinski definition) is 6. The standard InChI is InChI=1S/C17H20BrN3O4S/c1-10-5-12(18)7-13(15(10)20-16(22)25-17(2,3)4)19-8-11-6-14(21(23)24)26-9-11/h5-7,9,19H,8H2,1-4H3,(H,20,22). The number of anilines is 2. The highest BCUT2D eigenvalue weighted by molar-refractivity contribution is 9.10. The minimum Gasteiger partial charge on any atom is -0.444 e. The highest BCUT2D eigenvalue weighted by Gasteiger charge is 2.19. The van der Waals surface area contributed by atoms with Crippen LogP contribution in [0.25, 0.3) is 0 Å². The first-order chi connectivity index (χ1) is 12.0. The molecule has 0 spiro atoms. The molecule has 0 saturated heterocycles.